The summed E-state index contributed by atoms with van der Waals surface area (Å²) < 4.78 is 5.18. The van der Waals surface area contributed by atoms with Crippen molar-refractivity contribution in [3.8, 4) is 5.75 Å². The van der Waals surface area contributed by atoms with Crippen LogP contribution in [0.4, 0.5) is 5.69 Å². The Morgan fingerprint density at radius 3 is 2.82 bits per heavy atom. The van der Waals surface area contributed by atoms with Crippen LogP contribution in [-0.4, -0.2) is 24.1 Å². The van der Waals surface area contributed by atoms with Crippen molar-refractivity contribution in [2.24, 2.45) is 0 Å². The molecule has 0 spiro atoms. The van der Waals surface area contributed by atoms with Gasteiger partial charge in [-0.15, -0.1) is 0 Å². The van der Waals surface area contributed by atoms with Crippen LogP contribution < -0.4 is 9.80 Å². The maximum Gasteiger partial charge on any atom is 0.157 e. The average molecular weight is 235 g/mol. The Kier molecular flexibility index (Phi) is 3.64. The van der Waals surface area contributed by atoms with Crippen LogP contribution in [0.2, 0.25) is 0 Å². The van der Waals surface area contributed by atoms with E-state index in [1.165, 1.54) is 0 Å². The Balaban J connectivity index is 2.23. The van der Waals surface area contributed by atoms with Crippen molar-refractivity contribution in [2.45, 2.75) is 31.7 Å². The molecule has 0 aromatic heterocycles. The van der Waals surface area contributed by atoms with Gasteiger partial charge in [-0.05, 0) is 25.0 Å². The van der Waals surface area contributed by atoms with E-state index in [1.54, 1.807) is 19.2 Å². The smallest absolute Gasteiger partial charge is 0.157 e. The van der Waals surface area contributed by atoms with E-state index < -0.39 is 6.04 Å². The van der Waals surface area contributed by atoms with Crippen LogP contribution in [0.15, 0.2) is 24.3 Å². The number of Topliss-reactive ketones (excluding diaryl/α,β-unsaturated/α-hetero) is 1. The summed E-state index contributed by atoms with van der Waals surface area (Å²) in [7, 11) is 1.55. The van der Waals surface area contributed by atoms with Gasteiger partial charge >= 0.3 is 0 Å². The Hall–Kier alpha value is -1.55. The molecule has 1 aliphatic rings. The van der Waals surface area contributed by atoms with Crippen LogP contribution in [0.25, 0.3) is 0 Å². The quantitative estimate of drug-likeness (QED) is 0.817. The first-order chi connectivity index (χ1) is 8.24. The highest BCUT2D eigenvalue weighted by Crippen LogP contribution is 2.30. The second-order valence-electron chi connectivity index (χ2n) is 4.24. The lowest BCUT2D eigenvalue weighted by Gasteiger charge is -2.30. The van der Waals surface area contributed by atoms with Crippen LogP contribution in [0.3, 0.4) is 0 Å². The molecule has 1 N–H and O–H groups in total. The molecule has 1 aliphatic carbocycles. The minimum absolute atomic E-state index is 0.102. The lowest BCUT2D eigenvalue weighted by Crippen LogP contribution is -2.41. The van der Waals surface area contributed by atoms with Gasteiger partial charge in [0.15, 0.2) is 5.78 Å². The van der Waals surface area contributed by atoms with E-state index >= 15 is 0 Å². The normalized spacial score (nSPS) is 20.1. The summed E-state index contributed by atoms with van der Waals surface area (Å²) in [6.45, 7) is 0. The number of hydrogen-bond donors (Lipinski definition) is 1. The van der Waals surface area contributed by atoms with Crippen LogP contribution >= 0.6 is 0 Å². The molecule has 2 rings (SSSR count). The first-order valence-electron chi connectivity index (χ1n) is 5.88. The van der Waals surface area contributed by atoms with Crippen molar-refractivity contribution in [1.29, 1.82) is 0 Å². The van der Waals surface area contributed by atoms with E-state index in [0.29, 0.717) is 24.3 Å². The zero-order valence-corrected chi connectivity index (χ0v) is 9.93. The Morgan fingerprint density at radius 1 is 1.35 bits per heavy atom. The number of rotatable bonds is 3. The molecule has 1 saturated carbocycles. The van der Waals surface area contributed by atoms with E-state index in [1.807, 2.05) is 12.1 Å². The molecule has 1 fully saturated rings. The standard InChI is InChI=1S/C13H17NO3/c1-17-13-9-5-3-7-11(13)14(16)10-6-2-4-8-12(10)15/h3,5,7,9-10,16H,2,4,6,8H2,1H3. The summed E-state index contributed by atoms with van der Waals surface area (Å²) in [5, 5.41) is 11.2. The summed E-state index contributed by atoms with van der Waals surface area (Å²) >= 11 is 0. The minimum Gasteiger partial charge on any atom is -0.494 e. The third-order valence-corrected chi connectivity index (χ3v) is 3.15. The summed E-state index contributed by atoms with van der Waals surface area (Å²) in [5.41, 5.74) is 0.551. The molecular weight excluding hydrogens is 218 g/mol. The molecule has 1 aromatic rings. The lowest BCUT2D eigenvalue weighted by molar-refractivity contribution is -0.123. The first-order valence-corrected chi connectivity index (χ1v) is 5.88. The predicted octanol–water partition coefficient (Wildman–Crippen LogP) is 2.40. The number of anilines is 1. The number of hydroxylamine groups is 1. The Morgan fingerprint density at radius 2 is 2.12 bits per heavy atom. The Bertz CT molecular complexity index is 405. The maximum absolute atomic E-state index is 11.8. The van der Waals surface area contributed by atoms with E-state index in [0.717, 1.165) is 17.9 Å². The van der Waals surface area contributed by atoms with E-state index in [4.69, 9.17) is 4.74 Å². The molecular formula is C13H17NO3. The second kappa shape index (κ2) is 5.19. The maximum atomic E-state index is 11.8. The summed E-state index contributed by atoms with van der Waals surface area (Å²) in [6.07, 6.45) is 3.15. The fourth-order valence-corrected chi connectivity index (χ4v) is 2.21. The largest absolute Gasteiger partial charge is 0.494 e. The first kappa shape index (κ1) is 11.9. The van der Waals surface area contributed by atoms with E-state index in [-0.39, 0.29) is 5.78 Å². The number of benzene rings is 1. The zero-order valence-electron chi connectivity index (χ0n) is 9.93. The number of para-hydroxylation sites is 2. The van der Waals surface area contributed by atoms with Crippen molar-refractivity contribution in [1.82, 2.24) is 0 Å². The van der Waals surface area contributed by atoms with Crippen LogP contribution in [0, 0.1) is 0 Å². The van der Waals surface area contributed by atoms with Gasteiger partial charge in [0.1, 0.15) is 17.5 Å². The fraction of sp³-hybridized carbons (Fsp3) is 0.462. The topological polar surface area (TPSA) is 49.8 Å². The average Bonchev–Trinajstić information content (AvgIpc) is 2.38. The number of carbonyl (C=O) groups excluding carboxylic acids is 1. The molecule has 1 atom stereocenters. The SMILES string of the molecule is COc1ccccc1N(O)C1CCCCC1=O. The van der Waals surface area contributed by atoms with Crippen molar-refractivity contribution in [3.05, 3.63) is 24.3 Å². The van der Waals surface area contributed by atoms with Gasteiger partial charge in [0, 0.05) is 6.42 Å². The van der Waals surface area contributed by atoms with E-state index in [9.17, 15) is 10.0 Å². The molecule has 0 heterocycles. The van der Waals surface area contributed by atoms with Crippen LogP contribution in [0.5, 0.6) is 5.75 Å². The minimum atomic E-state index is -0.431. The van der Waals surface area contributed by atoms with Crippen molar-refractivity contribution < 1.29 is 14.7 Å². The third kappa shape index (κ3) is 2.42. The number of carbonyl (C=O) groups is 1. The van der Waals surface area contributed by atoms with Gasteiger partial charge in [-0.25, -0.2) is 5.06 Å². The van der Waals surface area contributed by atoms with Gasteiger partial charge in [-0.1, -0.05) is 18.6 Å². The highest BCUT2D eigenvalue weighted by Gasteiger charge is 2.29. The monoisotopic (exact) mass is 235 g/mol. The number of hydrogen-bond acceptors (Lipinski definition) is 4. The highest BCUT2D eigenvalue weighted by atomic mass is 16.5. The van der Waals surface area contributed by atoms with Gasteiger partial charge in [-0.3, -0.25) is 10.0 Å². The number of ketones is 1. The van der Waals surface area contributed by atoms with Crippen molar-refractivity contribution in [3.63, 3.8) is 0 Å². The van der Waals surface area contributed by atoms with Gasteiger partial charge in [0.2, 0.25) is 0 Å². The molecule has 92 valence electrons. The molecule has 4 nitrogen and oxygen atoms in total. The molecule has 0 bridgehead atoms. The molecule has 0 radical (unpaired) electrons. The molecule has 1 aromatic carbocycles. The number of methoxy groups -OCH3 is 1. The number of ether oxygens (including phenoxy) is 1. The predicted molar refractivity (Wildman–Crippen MR) is 64.5 cm³/mol. The van der Waals surface area contributed by atoms with Crippen LogP contribution in [0.1, 0.15) is 25.7 Å². The van der Waals surface area contributed by atoms with Gasteiger partial charge < -0.3 is 4.74 Å². The third-order valence-electron chi connectivity index (χ3n) is 3.15. The van der Waals surface area contributed by atoms with Crippen molar-refractivity contribution in [2.75, 3.05) is 12.2 Å². The highest BCUT2D eigenvalue weighted by molar-refractivity contribution is 5.87. The molecule has 0 saturated heterocycles. The zero-order chi connectivity index (χ0) is 12.3. The van der Waals surface area contributed by atoms with Gasteiger partial charge in [0.25, 0.3) is 0 Å². The molecule has 0 amide bonds. The summed E-state index contributed by atoms with van der Waals surface area (Å²) in [4.78, 5) is 11.8. The fourth-order valence-electron chi connectivity index (χ4n) is 2.21. The summed E-state index contributed by atoms with van der Waals surface area (Å²) in [6, 6.07) is 6.74. The molecule has 0 aliphatic heterocycles. The van der Waals surface area contributed by atoms with Crippen molar-refractivity contribution >= 4 is 11.5 Å². The van der Waals surface area contributed by atoms with E-state index in [2.05, 4.69) is 0 Å². The van der Waals surface area contributed by atoms with Crippen LogP contribution in [-0.2, 0) is 4.79 Å². The number of nitrogens with zero attached hydrogens (tertiary/aromatic N) is 1. The summed E-state index contributed by atoms with van der Waals surface area (Å²) in [5.74, 6) is 0.679. The molecule has 17 heavy (non-hydrogen) atoms. The van der Waals surface area contributed by atoms with Gasteiger partial charge in [-0.2, -0.15) is 0 Å². The van der Waals surface area contributed by atoms with Gasteiger partial charge in [0.05, 0.1) is 7.11 Å². The molecule has 4 heteroatoms. The second-order valence-corrected chi connectivity index (χ2v) is 4.24. The lowest BCUT2D eigenvalue weighted by atomic mass is 9.93. The molecule has 1 unspecified atom stereocenters. The Labute approximate surface area is 101 Å².